The Bertz CT molecular complexity index is 1370. The Morgan fingerprint density at radius 3 is 2.11 bits per heavy atom. The second-order valence-electron chi connectivity index (χ2n) is 6.90. The van der Waals surface area contributed by atoms with Crippen molar-refractivity contribution in [2.45, 2.75) is 20.8 Å². The number of hydrogen-bond donors (Lipinski definition) is 1. The van der Waals surface area contributed by atoms with Gasteiger partial charge >= 0.3 is 5.97 Å². The lowest BCUT2D eigenvalue weighted by Gasteiger charge is -2.22. The smallest absolute Gasteiger partial charge is 0.356 e. The summed E-state index contributed by atoms with van der Waals surface area (Å²) in [7, 11) is 1.44. The molecule has 0 radical (unpaired) electrons. The lowest BCUT2D eigenvalue weighted by molar-refractivity contribution is 0.0690. The van der Waals surface area contributed by atoms with Gasteiger partial charge in [-0.3, -0.25) is 0 Å². The van der Waals surface area contributed by atoms with Crippen LogP contribution in [0.2, 0.25) is 5.02 Å². The normalized spacial score (nSPS) is 9.76. The molecule has 0 aliphatic heterocycles. The third-order valence-electron chi connectivity index (χ3n) is 4.52. The molecule has 0 spiro atoms. The van der Waals surface area contributed by atoms with E-state index in [1.807, 2.05) is 20.8 Å². The van der Waals surface area contributed by atoms with Gasteiger partial charge in [0, 0.05) is 31.1 Å². The van der Waals surface area contributed by atoms with Crippen LogP contribution in [0.5, 0.6) is 0 Å². The minimum absolute atomic E-state index is 0.00523. The summed E-state index contributed by atoms with van der Waals surface area (Å²) in [6.45, 7) is 9.25. The first-order valence-electron chi connectivity index (χ1n) is 11.0. The molecular formula is C26H26Cl2F4N4O2. The van der Waals surface area contributed by atoms with Crippen molar-refractivity contribution in [2.75, 3.05) is 18.3 Å². The number of nitrogens with zero attached hydrogens (tertiary/aromatic N) is 4. The largest absolute Gasteiger partial charge is 0.476 e. The number of aromatic nitrogens is 3. The van der Waals surface area contributed by atoms with Crippen LogP contribution in [-0.2, 0) is 0 Å². The van der Waals surface area contributed by atoms with Crippen molar-refractivity contribution >= 4 is 46.3 Å². The van der Waals surface area contributed by atoms with Gasteiger partial charge in [0.2, 0.25) is 0 Å². The van der Waals surface area contributed by atoms with Gasteiger partial charge in [-0.05, 0) is 31.2 Å². The minimum Gasteiger partial charge on any atom is -0.476 e. The van der Waals surface area contributed by atoms with Crippen LogP contribution in [0.3, 0.4) is 0 Å². The molecule has 0 atom stereocenters. The molecule has 0 amide bonds. The number of anilines is 2. The Morgan fingerprint density at radius 1 is 1.05 bits per heavy atom. The first-order chi connectivity index (χ1) is 18.1. The van der Waals surface area contributed by atoms with E-state index < -0.39 is 29.2 Å². The first kappa shape index (κ1) is 32.4. The topological polar surface area (TPSA) is 70.7 Å². The molecule has 12 heteroatoms. The number of carbonyl (C=O) groups is 1. The van der Waals surface area contributed by atoms with Crippen molar-refractivity contribution in [2.24, 2.45) is 0 Å². The predicted octanol–water partition coefficient (Wildman–Crippen LogP) is 8.15. The van der Waals surface area contributed by atoms with E-state index in [0.29, 0.717) is 0 Å². The Hall–Kier alpha value is -3.63. The van der Waals surface area contributed by atoms with Gasteiger partial charge in [0.25, 0.3) is 0 Å². The number of carboxylic acid groups (broad SMARTS) is 1. The summed E-state index contributed by atoms with van der Waals surface area (Å²) in [6.07, 6.45) is 3.22. The highest BCUT2D eigenvalue weighted by atomic mass is 35.5. The number of allylic oxidation sites excluding steroid dienone is 1. The number of rotatable bonds is 4. The molecule has 2 heterocycles. The minimum atomic E-state index is -1.64. The molecule has 6 nitrogen and oxygen atoms in total. The van der Waals surface area contributed by atoms with Crippen LogP contribution >= 0.6 is 23.2 Å². The number of alkyl halides is 1. The van der Waals surface area contributed by atoms with Gasteiger partial charge < -0.3 is 10.0 Å². The molecule has 0 aliphatic rings. The van der Waals surface area contributed by atoms with E-state index in [-0.39, 0.29) is 39.1 Å². The van der Waals surface area contributed by atoms with E-state index in [0.717, 1.165) is 22.7 Å². The summed E-state index contributed by atoms with van der Waals surface area (Å²) >= 11 is 10.8. The summed E-state index contributed by atoms with van der Waals surface area (Å²) in [6, 6.07) is 7.93. The van der Waals surface area contributed by atoms with E-state index in [9.17, 15) is 27.5 Å². The Morgan fingerprint density at radius 2 is 1.61 bits per heavy atom. The Labute approximate surface area is 227 Å². The number of hydrogen-bond acceptors (Lipinski definition) is 4. The van der Waals surface area contributed by atoms with E-state index in [1.165, 1.54) is 42.6 Å². The highest BCUT2D eigenvalue weighted by Crippen LogP contribution is 2.35. The van der Waals surface area contributed by atoms with Crippen LogP contribution in [0.4, 0.5) is 29.1 Å². The fourth-order valence-corrected chi connectivity index (χ4v) is 3.37. The van der Waals surface area contributed by atoms with Crippen molar-refractivity contribution in [1.29, 1.82) is 0 Å². The maximum absolute atomic E-state index is 14.5. The number of fused-ring (bicyclic) bond motifs is 1. The highest BCUT2D eigenvalue weighted by molar-refractivity contribution is 6.33. The number of halogens is 6. The highest BCUT2D eigenvalue weighted by Gasteiger charge is 2.21. The fraction of sp³-hybridized carbons (Fsp3) is 0.192. The second kappa shape index (κ2) is 14.9. The molecule has 204 valence electrons. The molecule has 4 rings (SSSR count). The summed E-state index contributed by atoms with van der Waals surface area (Å²) in [5.74, 6) is -6.43. The first-order valence-corrected chi connectivity index (χ1v) is 12.1. The maximum atomic E-state index is 14.5. The van der Waals surface area contributed by atoms with E-state index in [2.05, 4.69) is 28.3 Å². The SMILES string of the molecule is C=CC.CC.CCl.CN(c1c(F)cccc1Cl)c1cc(-c2cc(F)c(F)c(F)c2)nc2cc(C(=O)O)nn12. The number of para-hydroxylation sites is 1. The van der Waals surface area contributed by atoms with Gasteiger partial charge in [0.1, 0.15) is 11.6 Å². The van der Waals surface area contributed by atoms with Crippen molar-refractivity contribution in [3.05, 3.63) is 89.1 Å². The summed E-state index contributed by atoms with van der Waals surface area (Å²) in [4.78, 5) is 16.8. The molecule has 1 N–H and O–H groups in total. The van der Waals surface area contributed by atoms with Gasteiger partial charge in [0.15, 0.2) is 28.8 Å². The van der Waals surface area contributed by atoms with E-state index in [4.69, 9.17) is 11.6 Å². The lowest BCUT2D eigenvalue weighted by Crippen LogP contribution is -2.17. The molecule has 4 aromatic rings. The molecular weight excluding hydrogens is 547 g/mol. The van der Waals surface area contributed by atoms with Crippen LogP contribution in [0.15, 0.2) is 55.1 Å². The molecule has 38 heavy (non-hydrogen) atoms. The van der Waals surface area contributed by atoms with Gasteiger partial charge in [-0.1, -0.05) is 37.6 Å². The van der Waals surface area contributed by atoms with Crippen LogP contribution in [-0.4, -0.2) is 39.1 Å². The van der Waals surface area contributed by atoms with Crippen LogP contribution in [0, 0.1) is 23.3 Å². The zero-order valence-corrected chi connectivity index (χ0v) is 22.7. The third-order valence-corrected chi connectivity index (χ3v) is 4.83. The van der Waals surface area contributed by atoms with Gasteiger partial charge in [0.05, 0.1) is 16.4 Å². The molecule has 2 aromatic carbocycles. The summed E-state index contributed by atoms with van der Waals surface area (Å²) in [5.41, 5.74) is -0.570. The zero-order valence-electron chi connectivity index (χ0n) is 21.2. The van der Waals surface area contributed by atoms with Crippen LogP contribution < -0.4 is 4.90 Å². The molecule has 0 aliphatic carbocycles. The third kappa shape index (κ3) is 7.23. The predicted molar refractivity (Wildman–Crippen MR) is 144 cm³/mol. The molecule has 0 fully saturated rings. The Balaban J connectivity index is 0.000000944. The van der Waals surface area contributed by atoms with Crippen molar-refractivity contribution < 1.29 is 27.5 Å². The van der Waals surface area contributed by atoms with Crippen LogP contribution in [0.1, 0.15) is 31.3 Å². The molecule has 0 saturated heterocycles. The fourth-order valence-electron chi connectivity index (χ4n) is 3.08. The monoisotopic (exact) mass is 572 g/mol. The maximum Gasteiger partial charge on any atom is 0.356 e. The zero-order chi connectivity index (χ0) is 29.2. The number of carboxylic acids is 1. The number of aromatic carboxylic acids is 1. The molecule has 2 aromatic heterocycles. The molecule has 0 unspecified atom stereocenters. The molecule has 0 saturated carbocycles. The Kier molecular flexibility index (Phi) is 12.7. The standard InChI is InChI=1S/C20H11ClF4N4O2.C3H6.C2H6.CH3Cl/c1-28(19-10(21)3-2-4-11(19)22)17-8-14(9-5-12(23)18(25)13(24)6-9)26-16-7-15(20(30)31)27-29(16)17;1-3-2;2*1-2/h2-8H,1H3,(H,30,31);3H,1H2,2H3;1-2H3;1H3. The molecule has 0 bridgehead atoms. The second-order valence-corrected chi connectivity index (χ2v) is 7.30. The lowest BCUT2D eigenvalue weighted by atomic mass is 10.1. The average Bonchev–Trinajstić information content (AvgIpc) is 3.34. The van der Waals surface area contributed by atoms with Gasteiger partial charge in [-0.15, -0.1) is 18.2 Å². The summed E-state index contributed by atoms with van der Waals surface area (Å²) in [5, 5.41) is 13.3. The van der Waals surface area contributed by atoms with Crippen LogP contribution in [0.25, 0.3) is 16.9 Å². The number of benzene rings is 2. The van der Waals surface area contributed by atoms with Gasteiger partial charge in [-0.25, -0.2) is 27.3 Å². The van der Waals surface area contributed by atoms with Crippen molar-refractivity contribution in [1.82, 2.24) is 14.6 Å². The van der Waals surface area contributed by atoms with Crippen molar-refractivity contribution in [3.63, 3.8) is 0 Å². The summed E-state index contributed by atoms with van der Waals surface area (Å²) < 4.78 is 56.5. The van der Waals surface area contributed by atoms with E-state index in [1.54, 1.807) is 6.08 Å². The van der Waals surface area contributed by atoms with Crippen molar-refractivity contribution in [3.8, 4) is 11.3 Å². The van der Waals surface area contributed by atoms with Gasteiger partial charge in [-0.2, -0.15) is 9.61 Å². The average molecular weight is 573 g/mol. The van der Waals surface area contributed by atoms with E-state index >= 15 is 0 Å². The quantitative estimate of drug-likeness (QED) is 0.116.